The van der Waals surface area contributed by atoms with Gasteiger partial charge in [-0.15, -0.1) is 0 Å². The summed E-state index contributed by atoms with van der Waals surface area (Å²) in [5, 5.41) is 0. The Morgan fingerprint density at radius 2 is 1.91 bits per heavy atom. The van der Waals surface area contributed by atoms with Gasteiger partial charge in [-0.2, -0.15) is 0 Å². The van der Waals surface area contributed by atoms with E-state index < -0.39 is 0 Å². The van der Waals surface area contributed by atoms with Gasteiger partial charge in [0, 0.05) is 43.3 Å². The van der Waals surface area contributed by atoms with Gasteiger partial charge >= 0.3 is 0 Å². The first kappa shape index (κ1) is 18.0. The minimum absolute atomic E-state index is 0.484. The fourth-order valence-electron chi connectivity index (χ4n) is 3.69. The lowest BCUT2D eigenvalue weighted by molar-refractivity contribution is 0.230. The monoisotopic (exact) mass is 315 g/mol. The van der Waals surface area contributed by atoms with E-state index in [1.807, 2.05) is 0 Å². The molecular formula is C20H33N3. The number of hydrogen-bond donors (Lipinski definition) is 0. The van der Waals surface area contributed by atoms with E-state index in [1.165, 1.54) is 40.2 Å². The number of rotatable bonds is 5. The molecule has 1 aromatic rings. The Hall–Kier alpha value is -1.35. The third-order valence-corrected chi connectivity index (χ3v) is 5.43. The highest BCUT2D eigenvalue weighted by molar-refractivity contribution is 5.39. The van der Waals surface area contributed by atoms with Crippen LogP contribution in [0.1, 0.15) is 60.7 Å². The lowest BCUT2D eigenvalue weighted by Crippen LogP contribution is -2.36. The standard InChI is InChI=1S/C20H33N3/c1-13(2)20-16(5)15(4)19(17(6)21-20)12-22(7)11-18-10-9-14(3)23(18)8/h13,18H,3,9-12H2,1-2,4-8H3/t18-/m0/s1. The van der Waals surface area contributed by atoms with Crippen molar-refractivity contribution in [2.45, 2.75) is 66.0 Å². The van der Waals surface area contributed by atoms with Crippen molar-refractivity contribution in [3.8, 4) is 0 Å². The van der Waals surface area contributed by atoms with Crippen LogP contribution in [0.25, 0.3) is 0 Å². The van der Waals surface area contributed by atoms with Crippen LogP contribution >= 0.6 is 0 Å². The highest BCUT2D eigenvalue weighted by Crippen LogP contribution is 2.27. The van der Waals surface area contributed by atoms with Gasteiger partial charge in [-0.05, 0) is 63.3 Å². The summed E-state index contributed by atoms with van der Waals surface area (Å²) < 4.78 is 0. The van der Waals surface area contributed by atoms with E-state index in [2.05, 4.69) is 65.1 Å². The summed E-state index contributed by atoms with van der Waals surface area (Å²) in [6.07, 6.45) is 2.36. The van der Waals surface area contributed by atoms with Gasteiger partial charge in [-0.1, -0.05) is 20.4 Å². The van der Waals surface area contributed by atoms with Crippen molar-refractivity contribution in [3.63, 3.8) is 0 Å². The topological polar surface area (TPSA) is 19.4 Å². The van der Waals surface area contributed by atoms with E-state index >= 15 is 0 Å². The van der Waals surface area contributed by atoms with Gasteiger partial charge in [-0.3, -0.25) is 9.88 Å². The Balaban J connectivity index is 2.13. The zero-order valence-electron chi connectivity index (χ0n) is 16.0. The molecule has 0 saturated carbocycles. The molecule has 1 atom stereocenters. The number of nitrogens with zero attached hydrogens (tertiary/aromatic N) is 3. The maximum Gasteiger partial charge on any atom is 0.0464 e. The first-order valence-electron chi connectivity index (χ1n) is 8.78. The number of likely N-dealkylation sites (tertiary alicyclic amines) is 1. The highest BCUT2D eigenvalue weighted by Gasteiger charge is 2.25. The average molecular weight is 316 g/mol. The van der Waals surface area contributed by atoms with Crippen LogP contribution in [0, 0.1) is 20.8 Å². The first-order chi connectivity index (χ1) is 10.7. The van der Waals surface area contributed by atoms with Crippen molar-refractivity contribution in [2.75, 3.05) is 20.6 Å². The molecule has 1 aliphatic heterocycles. The molecule has 0 amide bonds. The summed E-state index contributed by atoms with van der Waals surface area (Å²) in [5.41, 5.74) is 7.88. The fourth-order valence-corrected chi connectivity index (χ4v) is 3.69. The summed E-state index contributed by atoms with van der Waals surface area (Å²) in [7, 11) is 4.40. The summed E-state index contributed by atoms with van der Waals surface area (Å²) in [6, 6.07) is 0.595. The molecule has 0 spiro atoms. The summed E-state index contributed by atoms with van der Waals surface area (Å²) in [6.45, 7) is 17.3. The van der Waals surface area contributed by atoms with Crippen LogP contribution in [0.4, 0.5) is 0 Å². The molecule has 3 nitrogen and oxygen atoms in total. The Kier molecular flexibility index (Phi) is 5.51. The molecule has 1 aromatic heterocycles. The van der Waals surface area contributed by atoms with Crippen molar-refractivity contribution < 1.29 is 0 Å². The quantitative estimate of drug-likeness (QED) is 0.813. The minimum atomic E-state index is 0.484. The van der Waals surface area contributed by atoms with Crippen LogP contribution < -0.4 is 0 Å². The second-order valence-corrected chi connectivity index (χ2v) is 7.53. The largest absolute Gasteiger partial charge is 0.374 e. The Labute approximate surface area is 142 Å². The van der Waals surface area contributed by atoms with E-state index in [1.54, 1.807) is 0 Å². The van der Waals surface area contributed by atoms with Gasteiger partial charge < -0.3 is 4.90 Å². The molecule has 0 aromatic carbocycles. The number of allylic oxidation sites excluding steroid dienone is 1. The molecule has 2 heterocycles. The van der Waals surface area contributed by atoms with E-state index in [4.69, 9.17) is 4.98 Å². The summed E-state index contributed by atoms with van der Waals surface area (Å²) in [5.74, 6) is 0.484. The molecule has 2 rings (SSSR count). The number of aromatic nitrogens is 1. The summed E-state index contributed by atoms with van der Waals surface area (Å²) in [4.78, 5) is 9.68. The third kappa shape index (κ3) is 3.77. The first-order valence-corrected chi connectivity index (χ1v) is 8.78. The highest BCUT2D eigenvalue weighted by atomic mass is 15.2. The lowest BCUT2D eigenvalue weighted by atomic mass is 9.95. The SMILES string of the molecule is C=C1CC[C@@H](CN(C)Cc2c(C)nc(C(C)C)c(C)c2C)N1C. The maximum absolute atomic E-state index is 4.89. The van der Waals surface area contributed by atoms with Crippen LogP contribution in [0.3, 0.4) is 0 Å². The molecule has 0 unspecified atom stereocenters. The fraction of sp³-hybridized carbons (Fsp3) is 0.650. The number of aryl methyl sites for hydroxylation is 1. The molecule has 1 aliphatic rings. The average Bonchev–Trinajstić information content (AvgIpc) is 2.79. The minimum Gasteiger partial charge on any atom is -0.374 e. The second-order valence-electron chi connectivity index (χ2n) is 7.53. The van der Waals surface area contributed by atoms with Crippen molar-refractivity contribution in [3.05, 3.63) is 40.4 Å². The Bertz CT molecular complexity index is 589. The van der Waals surface area contributed by atoms with E-state index in [-0.39, 0.29) is 0 Å². The molecule has 0 bridgehead atoms. The molecule has 1 fully saturated rings. The van der Waals surface area contributed by atoms with Crippen LogP contribution in [0.15, 0.2) is 12.3 Å². The molecule has 0 aliphatic carbocycles. The molecule has 0 N–H and O–H groups in total. The molecule has 1 saturated heterocycles. The van der Waals surface area contributed by atoms with Crippen LogP contribution in [-0.2, 0) is 6.54 Å². The van der Waals surface area contributed by atoms with E-state index in [0.29, 0.717) is 12.0 Å². The van der Waals surface area contributed by atoms with Gasteiger partial charge in [0.05, 0.1) is 0 Å². The predicted molar refractivity (Wildman–Crippen MR) is 98.8 cm³/mol. The number of hydrogen-bond acceptors (Lipinski definition) is 3. The lowest BCUT2D eigenvalue weighted by Gasteiger charge is -2.28. The van der Waals surface area contributed by atoms with Crippen molar-refractivity contribution in [2.24, 2.45) is 0 Å². The number of likely N-dealkylation sites (N-methyl/N-ethyl adjacent to an activating group) is 2. The second kappa shape index (κ2) is 7.04. The molecular weight excluding hydrogens is 282 g/mol. The van der Waals surface area contributed by atoms with E-state index in [9.17, 15) is 0 Å². The maximum atomic E-state index is 4.89. The van der Waals surface area contributed by atoms with Gasteiger partial charge in [-0.25, -0.2) is 0 Å². The van der Waals surface area contributed by atoms with E-state index in [0.717, 1.165) is 19.5 Å². The molecule has 0 radical (unpaired) electrons. The predicted octanol–water partition coefficient (Wildman–Crippen LogP) is 4.17. The zero-order valence-corrected chi connectivity index (χ0v) is 16.0. The smallest absolute Gasteiger partial charge is 0.0464 e. The van der Waals surface area contributed by atoms with Gasteiger partial charge in [0.1, 0.15) is 0 Å². The molecule has 128 valence electrons. The third-order valence-electron chi connectivity index (χ3n) is 5.43. The van der Waals surface area contributed by atoms with Crippen LogP contribution in [0.5, 0.6) is 0 Å². The normalized spacial score (nSPS) is 18.6. The summed E-state index contributed by atoms with van der Waals surface area (Å²) >= 11 is 0. The number of pyridine rings is 1. The zero-order chi connectivity index (χ0) is 17.3. The van der Waals surface area contributed by atoms with Crippen molar-refractivity contribution in [1.29, 1.82) is 0 Å². The van der Waals surface area contributed by atoms with Crippen LogP contribution in [-0.4, -0.2) is 41.5 Å². The van der Waals surface area contributed by atoms with Crippen molar-refractivity contribution >= 4 is 0 Å². The van der Waals surface area contributed by atoms with Crippen molar-refractivity contribution in [1.82, 2.24) is 14.8 Å². The van der Waals surface area contributed by atoms with Gasteiger partial charge in [0.15, 0.2) is 0 Å². The van der Waals surface area contributed by atoms with Gasteiger partial charge in [0.25, 0.3) is 0 Å². The van der Waals surface area contributed by atoms with Crippen LogP contribution in [0.2, 0.25) is 0 Å². The molecule has 3 heteroatoms. The Morgan fingerprint density at radius 3 is 2.43 bits per heavy atom. The Morgan fingerprint density at radius 1 is 1.26 bits per heavy atom. The van der Waals surface area contributed by atoms with Gasteiger partial charge in [0.2, 0.25) is 0 Å². The molecule has 23 heavy (non-hydrogen) atoms.